The lowest BCUT2D eigenvalue weighted by Crippen LogP contribution is -2.35. The molecule has 0 fully saturated rings. The van der Waals surface area contributed by atoms with Crippen molar-refractivity contribution in [3.05, 3.63) is 177 Å². The molecule has 1 aromatic heterocycles. The molecule has 1 amide bonds. The van der Waals surface area contributed by atoms with Gasteiger partial charge in [-0.15, -0.1) is 0 Å². The summed E-state index contributed by atoms with van der Waals surface area (Å²) in [6.07, 6.45) is 0. The Morgan fingerprint density at radius 1 is 0.667 bits per heavy atom. The predicted octanol–water partition coefficient (Wildman–Crippen LogP) is 8.34. The van der Waals surface area contributed by atoms with Gasteiger partial charge in [0.05, 0.1) is 34.3 Å². The van der Waals surface area contributed by atoms with Crippen molar-refractivity contribution in [3.63, 3.8) is 0 Å². The summed E-state index contributed by atoms with van der Waals surface area (Å²) in [4.78, 5) is 29.4. The minimum absolute atomic E-state index is 0.276. The van der Waals surface area contributed by atoms with E-state index in [1.165, 1.54) is 9.69 Å². The predicted molar refractivity (Wildman–Crippen MR) is 181 cm³/mol. The molecule has 0 spiro atoms. The number of carbonyl (C=O) groups is 1. The highest BCUT2D eigenvalue weighted by Gasteiger charge is 2.46. The molecule has 1 N–H and O–H groups in total. The van der Waals surface area contributed by atoms with Crippen LogP contribution in [0.2, 0.25) is 10.0 Å². The van der Waals surface area contributed by atoms with Gasteiger partial charge in [0, 0.05) is 16.0 Å². The molecule has 6 nitrogen and oxygen atoms in total. The summed E-state index contributed by atoms with van der Waals surface area (Å²) in [5, 5.41) is 10.5. The van der Waals surface area contributed by atoms with Crippen LogP contribution in [0.5, 0.6) is 0 Å². The van der Waals surface area contributed by atoms with Crippen molar-refractivity contribution in [1.82, 2.24) is 9.78 Å². The monoisotopic (exact) mass is 628 g/mol. The Kier molecular flexibility index (Phi) is 7.67. The zero-order valence-electron chi connectivity index (χ0n) is 23.8. The molecule has 2 heterocycles. The number of hydrazone groups is 1. The number of para-hydroxylation sites is 2. The van der Waals surface area contributed by atoms with Crippen LogP contribution >= 0.6 is 23.2 Å². The molecule has 8 heteroatoms. The Labute approximate surface area is 269 Å². The highest BCUT2D eigenvalue weighted by atomic mass is 35.5. The Hall–Kier alpha value is -5.17. The van der Waals surface area contributed by atoms with Crippen LogP contribution in [-0.4, -0.2) is 21.4 Å². The van der Waals surface area contributed by atoms with E-state index in [-0.39, 0.29) is 11.5 Å². The molecule has 45 heavy (non-hydrogen) atoms. The lowest BCUT2D eigenvalue weighted by Gasteiger charge is -2.25. The van der Waals surface area contributed by atoms with Gasteiger partial charge in [0.25, 0.3) is 11.5 Å². The maximum Gasteiger partial charge on any atom is 0.275 e. The fourth-order valence-corrected chi connectivity index (χ4v) is 6.47. The molecule has 0 saturated heterocycles. The van der Waals surface area contributed by atoms with E-state index in [9.17, 15) is 9.59 Å². The molecular weight excluding hydrogens is 603 g/mol. The lowest BCUT2D eigenvalue weighted by atomic mass is 9.76. The van der Waals surface area contributed by atoms with Crippen LogP contribution in [0.1, 0.15) is 22.6 Å². The fourth-order valence-electron chi connectivity index (χ4n) is 5.95. The number of benzene rings is 5. The van der Waals surface area contributed by atoms with Crippen LogP contribution in [0.25, 0.3) is 16.9 Å². The molecule has 0 bridgehead atoms. The van der Waals surface area contributed by atoms with Crippen LogP contribution in [-0.2, 0) is 4.79 Å². The number of nitrogens with zero attached hydrogens (tertiary/aromatic N) is 3. The van der Waals surface area contributed by atoms with Crippen molar-refractivity contribution in [2.45, 2.75) is 5.92 Å². The maximum atomic E-state index is 14.7. The van der Waals surface area contributed by atoms with E-state index >= 15 is 0 Å². The molecule has 0 unspecified atom stereocenters. The lowest BCUT2D eigenvalue weighted by molar-refractivity contribution is -0.120. The van der Waals surface area contributed by atoms with E-state index in [1.54, 1.807) is 18.2 Å². The van der Waals surface area contributed by atoms with Crippen molar-refractivity contribution >= 4 is 40.5 Å². The van der Waals surface area contributed by atoms with Crippen LogP contribution in [0.4, 0.5) is 5.69 Å². The number of hydrogen-bond acceptors (Lipinski definition) is 3. The summed E-state index contributed by atoms with van der Waals surface area (Å²) in [5.74, 6) is -2.01. The summed E-state index contributed by atoms with van der Waals surface area (Å²) >= 11 is 13.3. The van der Waals surface area contributed by atoms with Gasteiger partial charge in [0.15, 0.2) is 0 Å². The van der Waals surface area contributed by atoms with Crippen LogP contribution in [0.3, 0.4) is 0 Å². The number of carbonyl (C=O) groups excluding carboxylic acids is 1. The van der Waals surface area contributed by atoms with Crippen LogP contribution in [0.15, 0.2) is 149 Å². The normalized spacial score (nSPS) is 15.2. The first kappa shape index (κ1) is 28.6. The molecule has 5 aromatic carbocycles. The third-order valence-electron chi connectivity index (χ3n) is 7.99. The van der Waals surface area contributed by atoms with Gasteiger partial charge in [0.1, 0.15) is 0 Å². The van der Waals surface area contributed by atoms with Gasteiger partial charge >= 0.3 is 0 Å². The minimum Gasteiger partial charge on any atom is -0.290 e. The maximum absolute atomic E-state index is 14.7. The Balaban J connectivity index is 1.54. The van der Waals surface area contributed by atoms with Gasteiger partial charge in [-0.05, 0) is 53.1 Å². The number of aromatic amines is 1. The molecular formula is C37H26Cl2N4O2. The number of rotatable bonds is 7. The van der Waals surface area contributed by atoms with Gasteiger partial charge in [-0.2, -0.15) is 10.1 Å². The summed E-state index contributed by atoms with van der Waals surface area (Å²) in [7, 11) is 0. The van der Waals surface area contributed by atoms with E-state index in [4.69, 9.17) is 28.3 Å². The first-order valence-electron chi connectivity index (χ1n) is 14.4. The molecule has 6 aromatic rings. The molecule has 0 aliphatic carbocycles. The molecule has 220 valence electrons. The second kappa shape index (κ2) is 12.1. The van der Waals surface area contributed by atoms with Gasteiger partial charge in [0.2, 0.25) is 0 Å². The van der Waals surface area contributed by atoms with E-state index in [0.29, 0.717) is 44.0 Å². The number of anilines is 1. The molecule has 0 saturated carbocycles. The second-order valence-electron chi connectivity index (χ2n) is 10.7. The van der Waals surface area contributed by atoms with Crippen molar-refractivity contribution in [2.75, 3.05) is 5.01 Å². The van der Waals surface area contributed by atoms with Crippen molar-refractivity contribution in [1.29, 1.82) is 0 Å². The quantitative estimate of drug-likeness (QED) is 0.193. The van der Waals surface area contributed by atoms with E-state index in [1.807, 2.05) is 121 Å². The first-order valence-corrected chi connectivity index (χ1v) is 15.2. The topological polar surface area (TPSA) is 70.5 Å². The van der Waals surface area contributed by atoms with Crippen molar-refractivity contribution in [3.8, 4) is 16.9 Å². The number of H-pyrrole nitrogens is 1. The number of nitrogens with one attached hydrogen (secondary N) is 1. The average Bonchev–Trinajstić information content (AvgIpc) is 3.61. The largest absolute Gasteiger partial charge is 0.290 e. The van der Waals surface area contributed by atoms with Gasteiger partial charge < -0.3 is 0 Å². The van der Waals surface area contributed by atoms with E-state index in [0.717, 1.165) is 11.1 Å². The van der Waals surface area contributed by atoms with Crippen molar-refractivity contribution < 1.29 is 4.79 Å². The Bertz CT molecular complexity index is 2080. The van der Waals surface area contributed by atoms with Gasteiger partial charge in [-0.3, -0.25) is 14.7 Å². The zero-order chi connectivity index (χ0) is 30.9. The minimum atomic E-state index is -0.901. The summed E-state index contributed by atoms with van der Waals surface area (Å²) in [5.41, 5.74) is 4.64. The fraction of sp³-hybridized carbons (Fsp3) is 0.0541. The summed E-state index contributed by atoms with van der Waals surface area (Å²) < 4.78 is 1.52. The number of hydrogen-bond donors (Lipinski definition) is 1. The first-order chi connectivity index (χ1) is 22.0. The highest BCUT2D eigenvalue weighted by molar-refractivity contribution is 6.35. The van der Waals surface area contributed by atoms with E-state index in [2.05, 4.69) is 5.10 Å². The average molecular weight is 630 g/mol. The molecule has 1 aliphatic heterocycles. The standard InChI is InChI=1S/C37H26Cl2N4O2/c38-26-21-22-29(30(39)23-26)31(32-34(24-13-5-1-6-14-24)40-42(36(32)44)27-17-9-3-10-18-27)33-35(25-15-7-2-8-16-25)41-43(37(33)45)28-19-11-4-12-20-28/h1-23,31-32,41H/t31-,32+/m0/s1. The third kappa shape index (κ3) is 5.29. The molecule has 0 radical (unpaired) electrons. The third-order valence-corrected chi connectivity index (χ3v) is 8.56. The molecule has 7 rings (SSSR count). The SMILES string of the molecule is O=C1[C@H]([C@H](c2ccc(Cl)cc2Cl)c2c(-c3ccccc3)[nH]n(-c3ccccc3)c2=O)C(c2ccccc2)=NN1c1ccccc1. The van der Waals surface area contributed by atoms with E-state index < -0.39 is 11.8 Å². The zero-order valence-corrected chi connectivity index (χ0v) is 25.4. The second-order valence-corrected chi connectivity index (χ2v) is 11.5. The van der Waals surface area contributed by atoms with Crippen LogP contribution < -0.4 is 10.6 Å². The van der Waals surface area contributed by atoms with Crippen LogP contribution in [0, 0.1) is 5.92 Å². The Morgan fingerprint density at radius 2 is 1.22 bits per heavy atom. The Morgan fingerprint density at radius 3 is 1.82 bits per heavy atom. The number of halogens is 2. The molecule has 2 atom stereocenters. The number of aromatic nitrogens is 2. The summed E-state index contributed by atoms with van der Waals surface area (Å²) in [6, 6.07) is 43.0. The highest BCUT2D eigenvalue weighted by Crippen LogP contribution is 2.44. The smallest absolute Gasteiger partial charge is 0.275 e. The van der Waals surface area contributed by atoms with Gasteiger partial charge in [-0.25, -0.2) is 4.68 Å². The van der Waals surface area contributed by atoms with Crippen molar-refractivity contribution in [2.24, 2.45) is 11.0 Å². The number of amides is 1. The summed E-state index contributed by atoms with van der Waals surface area (Å²) in [6.45, 7) is 0. The molecule has 1 aliphatic rings. The van der Waals surface area contributed by atoms with Gasteiger partial charge in [-0.1, -0.05) is 126 Å².